The van der Waals surface area contributed by atoms with Gasteiger partial charge in [-0.3, -0.25) is 14.4 Å². The van der Waals surface area contributed by atoms with Gasteiger partial charge < -0.3 is 14.8 Å². The van der Waals surface area contributed by atoms with Gasteiger partial charge in [-0.15, -0.1) is 0 Å². The van der Waals surface area contributed by atoms with Crippen molar-refractivity contribution in [3.63, 3.8) is 0 Å². The van der Waals surface area contributed by atoms with Gasteiger partial charge in [-0.1, -0.05) is 31.9 Å². The summed E-state index contributed by atoms with van der Waals surface area (Å²) in [6.07, 6.45) is 6.24. The van der Waals surface area contributed by atoms with Crippen LogP contribution >= 0.6 is 0 Å². The first-order valence-electron chi connectivity index (χ1n) is 10.4. The molecule has 1 aromatic carbocycles. The van der Waals surface area contributed by atoms with Crippen LogP contribution in [-0.4, -0.2) is 34.4 Å². The summed E-state index contributed by atoms with van der Waals surface area (Å²) in [6.45, 7) is 1.77. The Hall–Kier alpha value is -2.96. The lowest BCUT2D eigenvalue weighted by atomic mass is 10.0. The van der Waals surface area contributed by atoms with Gasteiger partial charge in [0, 0.05) is 25.4 Å². The van der Waals surface area contributed by atoms with E-state index in [1.165, 1.54) is 35.0 Å². The predicted octanol–water partition coefficient (Wildman–Crippen LogP) is 3.27. The number of likely N-dealkylation sites (N-methyl/N-ethyl adjacent to an activating group) is 1. The largest absolute Gasteiger partial charge is 0.349 e. The molecule has 1 aromatic heterocycles. The van der Waals surface area contributed by atoms with E-state index in [-0.39, 0.29) is 41.8 Å². The number of hydrogen-bond donors (Lipinski definition) is 1. The van der Waals surface area contributed by atoms with Crippen molar-refractivity contribution >= 4 is 11.8 Å². The number of benzene rings is 1. The molecule has 0 spiro atoms. The Kier molecular flexibility index (Phi) is 7.03. The number of pyridine rings is 1. The third-order valence-corrected chi connectivity index (χ3v) is 5.74. The zero-order valence-corrected chi connectivity index (χ0v) is 17.4. The van der Waals surface area contributed by atoms with Crippen LogP contribution in [0.2, 0.25) is 0 Å². The number of carbonyl (C=O) groups is 2. The summed E-state index contributed by atoms with van der Waals surface area (Å²) in [6, 6.07) is 8.80. The van der Waals surface area contributed by atoms with Gasteiger partial charge in [0.1, 0.15) is 12.4 Å². The van der Waals surface area contributed by atoms with Crippen LogP contribution in [-0.2, 0) is 11.3 Å². The number of hydrogen-bond acceptors (Lipinski definition) is 3. The lowest BCUT2D eigenvalue weighted by Gasteiger charge is -2.28. The van der Waals surface area contributed by atoms with Gasteiger partial charge in [0.25, 0.3) is 11.5 Å². The molecule has 6 nitrogen and oxygen atoms in total. The molecule has 0 saturated heterocycles. The molecule has 1 unspecified atom stereocenters. The maximum Gasteiger partial charge on any atom is 0.252 e. The zero-order valence-electron chi connectivity index (χ0n) is 17.4. The molecule has 1 aliphatic rings. The second kappa shape index (κ2) is 9.69. The number of carbonyl (C=O) groups excluding carboxylic acids is 2. The highest BCUT2D eigenvalue weighted by atomic mass is 19.1. The lowest BCUT2D eigenvalue weighted by molar-refractivity contribution is -0.132. The average molecular weight is 413 g/mol. The fourth-order valence-corrected chi connectivity index (χ4v) is 3.98. The lowest BCUT2D eigenvalue weighted by Crippen LogP contribution is -2.37. The summed E-state index contributed by atoms with van der Waals surface area (Å²) >= 11 is 0. The Labute approximate surface area is 175 Å². The van der Waals surface area contributed by atoms with Crippen LogP contribution < -0.4 is 10.9 Å². The number of amides is 2. The molecule has 7 heteroatoms. The molecular weight excluding hydrogens is 385 g/mol. The molecule has 1 atom stereocenters. The van der Waals surface area contributed by atoms with Crippen LogP contribution in [0.25, 0.3) is 0 Å². The highest BCUT2D eigenvalue weighted by molar-refractivity contribution is 5.94. The molecule has 30 heavy (non-hydrogen) atoms. The van der Waals surface area contributed by atoms with Crippen molar-refractivity contribution in [1.82, 2.24) is 14.8 Å². The first-order valence-corrected chi connectivity index (χ1v) is 10.4. The number of halogens is 1. The molecule has 0 aliphatic heterocycles. The van der Waals surface area contributed by atoms with E-state index >= 15 is 0 Å². The second-order valence-corrected chi connectivity index (χ2v) is 7.82. The second-order valence-electron chi connectivity index (χ2n) is 7.82. The average Bonchev–Trinajstić information content (AvgIpc) is 3.24. The predicted molar refractivity (Wildman–Crippen MR) is 113 cm³/mol. The van der Waals surface area contributed by atoms with E-state index in [4.69, 9.17) is 0 Å². The van der Waals surface area contributed by atoms with Crippen LogP contribution in [0.5, 0.6) is 0 Å². The first-order chi connectivity index (χ1) is 14.4. The van der Waals surface area contributed by atoms with Crippen molar-refractivity contribution in [3.8, 4) is 0 Å². The molecule has 1 saturated carbocycles. The highest BCUT2D eigenvalue weighted by Crippen LogP contribution is 2.23. The third kappa shape index (κ3) is 5.14. The fourth-order valence-electron chi connectivity index (χ4n) is 3.98. The van der Waals surface area contributed by atoms with Crippen LogP contribution in [0.3, 0.4) is 0 Å². The summed E-state index contributed by atoms with van der Waals surface area (Å²) in [5.74, 6) is -0.822. The number of nitrogens with one attached hydrogen (secondary N) is 1. The van der Waals surface area contributed by atoms with E-state index in [9.17, 15) is 18.8 Å². The van der Waals surface area contributed by atoms with Crippen LogP contribution in [0, 0.1) is 5.82 Å². The normalized spacial score (nSPS) is 15.0. The highest BCUT2D eigenvalue weighted by Gasteiger charge is 2.22. The van der Waals surface area contributed by atoms with Crippen molar-refractivity contribution < 1.29 is 14.0 Å². The van der Waals surface area contributed by atoms with E-state index in [1.807, 2.05) is 6.92 Å². The monoisotopic (exact) mass is 413 g/mol. The van der Waals surface area contributed by atoms with Crippen molar-refractivity contribution in [1.29, 1.82) is 0 Å². The Bertz CT molecular complexity index is 949. The van der Waals surface area contributed by atoms with Crippen LogP contribution in [0.15, 0.2) is 47.4 Å². The summed E-state index contributed by atoms with van der Waals surface area (Å²) < 4.78 is 14.5. The summed E-state index contributed by atoms with van der Waals surface area (Å²) in [7, 11) is 1.67. The minimum absolute atomic E-state index is 0.169. The smallest absolute Gasteiger partial charge is 0.252 e. The quantitative estimate of drug-likeness (QED) is 0.757. The van der Waals surface area contributed by atoms with E-state index in [0.29, 0.717) is 12.0 Å². The molecule has 1 fully saturated rings. The van der Waals surface area contributed by atoms with E-state index in [2.05, 4.69) is 5.32 Å². The number of rotatable bonds is 7. The maximum absolute atomic E-state index is 13.2. The van der Waals surface area contributed by atoms with Gasteiger partial charge in [0.05, 0.1) is 11.6 Å². The summed E-state index contributed by atoms with van der Waals surface area (Å²) in [4.78, 5) is 39.2. The molecule has 2 amide bonds. The minimum Gasteiger partial charge on any atom is -0.349 e. The third-order valence-electron chi connectivity index (χ3n) is 5.74. The van der Waals surface area contributed by atoms with Crippen molar-refractivity contribution in [2.45, 2.75) is 57.7 Å². The van der Waals surface area contributed by atoms with Gasteiger partial charge >= 0.3 is 0 Å². The first kappa shape index (κ1) is 21.7. The van der Waals surface area contributed by atoms with Crippen molar-refractivity contribution in [3.05, 3.63) is 69.9 Å². The molecule has 1 aliphatic carbocycles. The molecule has 3 rings (SSSR count). The molecule has 0 bridgehead atoms. The zero-order chi connectivity index (χ0) is 21.7. The van der Waals surface area contributed by atoms with E-state index < -0.39 is 0 Å². The topological polar surface area (TPSA) is 71.4 Å². The maximum atomic E-state index is 13.2. The Morgan fingerprint density at radius 1 is 1.17 bits per heavy atom. The standard InChI is InChI=1S/C23H28FN3O3/c1-3-20(16-8-11-18(24)12-9-16)26(2)22(29)15-27-14-17(10-13-21(27)28)23(30)25-19-6-4-5-7-19/h8-14,19-20H,3-7,15H2,1-2H3,(H,25,30). The van der Waals surface area contributed by atoms with E-state index in [0.717, 1.165) is 31.2 Å². The Morgan fingerprint density at radius 2 is 1.83 bits per heavy atom. The van der Waals surface area contributed by atoms with Crippen LogP contribution in [0.4, 0.5) is 4.39 Å². The van der Waals surface area contributed by atoms with Crippen LogP contribution in [0.1, 0.15) is 61.0 Å². The SMILES string of the molecule is CCC(c1ccc(F)cc1)N(C)C(=O)Cn1cc(C(=O)NC2CCCC2)ccc1=O. The Balaban J connectivity index is 1.72. The summed E-state index contributed by atoms with van der Waals surface area (Å²) in [5.41, 5.74) is 0.846. The van der Waals surface area contributed by atoms with Crippen molar-refractivity contribution in [2.75, 3.05) is 7.05 Å². The van der Waals surface area contributed by atoms with Gasteiger partial charge in [0.15, 0.2) is 0 Å². The molecular formula is C23H28FN3O3. The number of aromatic nitrogens is 1. The fraction of sp³-hybridized carbons (Fsp3) is 0.435. The molecule has 2 aromatic rings. The van der Waals surface area contributed by atoms with E-state index in [1.54, 1.807) is 24.1 Å². The number of nitrogens with zero attached hydrogens (tertiary/aromatic N) is 2. The molecule has 1 N–H and O–H groups in total. The van der Waals surface area contributed by atoms with Gasteiger partial charge in [-0.05, 0) is 43.0 Å². The molecule has 1 heterocycles. The molecule has 0 radical (unpaired) electrons. The molecule has 160 valence electrons. The Morgan fingerprint density at radius 3 is 2.47 bits per heavy atom. The summed E-state index contributed by atoms with van der Waals surface area (Å²) in [5, 5.41) is 2.99. The van der Waals surface area contributed by atoms with Gasteiger partial charge in [-0.25, -0.2) is 4.39 Å². The van der Waals surface area contributed by atoms with Gasteiger partial charge in [0.2, 0.25) is 5.91 Å². The van der Waals surface area contributed by atoms with Crippen molar-refractivity contribution in [2.24, 2.45) is 0 Å². The minimum atomic E-state index is -0.344. The van der Waals surface area contributed by atoms with Gasteiger partial charge in [-0.2, -0.15) is 0 Å².